The number of ketones is 1. The molecular weight excluding hydrogens is 363 g/mol. The minimum Gasteiger partial charge on any atom is -0.299 e. The van der Waals surface area contributed by atoms with Gasteiger partial charge in [-0.1, -0.05) is 35.5 Å². The first-order valence-electron chi connectivity index (χ1n) is 7.53. The summed E-state index contributed by atoms with van der Waals surface area (Å²) < 4.78 is 14.9. The van der Waals surface area contributed by atoms with E-state index in [1.54, 1.807) is 31.2 Å². The van der Waals surface area contributed by atoms with Crippen molar-refractivity contribution >= 4 is 40.0 Å². The molecule has 0 aliphatic rings. The van der Waals surface area contributed by atoms with Crippen LogP contribution in [0, 0.1) is 5.82 Å². The van der Waals surface area contributed by atoms with Crippen molar-refractivity contribution in [2.75, 3.05) is 0 Å². The molecule has 0 spiro atoms. The van der Waals surface area contributed by atoms with E-state index in [1.165, 1.54) is 41.5 Å². The second kappa shape index (κ2) is 6.98. The van der Waals surface area contributed by atoms with Gasteiger partial charge in [0, 0.05) is 0 Å². The number of rotatable bonds is 4. The highest BCUT2D eigenvalue weighted by Gasteiger charge is 2.18. The topological polar surface area (TPSA) is 52.0 Å². The first-order valence-corrected chi connectivity index (χ1v) is 8.78. The predicted octanol–water partition coefficient (Wildman–Crippen LogP) is 4.25. The lowest BCUT2D eigenvalue weighted by atomic mass is 10.2. The van der Waals surface area contributed by atoms with Gasteiger partial charge in [0.25, 0.3) is 5.56 Å². The van der Waals surface area contributed by atoms with Crippen LogP contribution < -0.4 is 5.56 Å². The van der Waals surface area contributed by atoms with Gasteiger partial charge >= 0.3 is 0 Å². The average Bonchev–Trinajstić information content (AvgIpc) is 2.58. The third-order valence-corrected chi connectivity index (χ3v) is 5.22. The van der Waals surface area contributed by atoms with Gasteiger partial charge in [0.05, 0.1) is 26.9 Å². The number of carbonyl (C=O) groups excluding carboxylic acids is 1. The first kappa shape index (κ1) is 17.6. The maximum atomic E-state index is 13.5. The second-order valence-corrected chi connectivity index (χ2v) is 7.24. The third-order valence-electron chi connectivity index (χ3n) is 3.76. The van der Waals surface area contributed by atoms with Crippen molar-refractivity contribution in [1.82, 2.24) is 9.55 Å². The molecule has 1 aromatic heterocycles. The Balaban J connectivity index is 2.29. The van der Waals surface area contributed by atoms with Crippen molar-refractivity contribution < 1.29 is 9.18 Å². The number of Topliss-reactive ketones (excluding diaryl/α,β-unsaturated/α-hetero) is 1. The smallest absolute Gasteiger partial charge is 0.266 e. The molecule has 1 heterocycles. The van der Waals surface area contributed by atoms with Crippen LogP contribution in [-0.2, 0) is 4.79 Å². The Morgan fingerprint density at radius 3 is 2.68 bits per heavy atom. The van der Waals surface area contributed by atoms with E-state index in [1.807, 2.05) is 0 Å². The Morgan fingerprint density at radius 1 is 1.28 bits per heavy atom. The Bertz CT molecular complexity index is 1040. The number of aromatic nitrogens is 2. The van der Waals surface area contributed by atoms with Gasteiger partial charge in [0.15, 0.2) is 5.16 Å². The summed E-state index contributed by atoms with van der Waals surface area (Å²) in [5.74, 6) is -0.602. The molecule has 3 rings (SSSR count). The molecule has 0 N–H and O–H groups in total. The average molecular weight is 377 g/mol. The van der Waals surface area contributed by atoms with Gasteiger partial charge in [-0.25, -0.2) is 9.37 Å². The van der Waals surface area contributed by atoms with E-state index in [2.05, 4.69) is 4.98 Å². The van der Waals surface area contributed by atoms with Crippen molar-refractivity contribution in [3.8, 4) is 5.69 Å². The quantitative estimate of drug-likeness (QED) is 0.504. The Kier molecular flexibility index (Phi) is 4.92. The summed E-state index contributed by atoms with van der Waals surface area (Å²) in [5, 5.41) is 0.320. The molecule has 7 heteroatoms. The maximum Gasteiger partial charge on any atom is 0.266 e. The third kappa shape index (κ3) is 3.45. The van der Waals surface area contributed by atoms with Crippen molar-refractivity contribution in [2.24, 2.45) is 0 Å². The minimum absolute atomic E-state index is 0.0314. The van der Waals surface area contributed by atoms with Gasteiger partial charge in [0.2, 0.25) is 0 Å². The molecule has 0 unspecified atom stereocenters. The fourth-order valence-electron chi connectivity index (χ4n) is 2.28. The highest BCUT2D eigenvalue weighted by Crippen LogP contribution is 2.27. The van der Waals surface area contributed by atoms with Crippen LogP contribution in [0.3, 0.4) is 0 Å². The fourth-order valence-corrected chi connectivity index (χ4v) is 3.39. The molecule has 0 saturated heterocycles. The number of thioether (sulfide) groups is 1. The number of hydrogen-bond acceptors (Lipinski definition) is 4. The maximum absolute atomic E-state index is 13.5. The van der Waals surface area contributed by atoms with Crippen molar-refractivity contribution in [3.05, 3.63) is 63.7 Å². The molecule has 0 saturated carbocycles. The molecule has 0 fully saturated rings. The molecule has 2 aromatic carbocycles. The Morgan fingerprint density at radius 2 is 2.00 bits per heavy atom. The molecular formula is C18H14ClFN2O2S. The molecule has 0 radical (unpaired) electrons. The number of fused-ring (bicyclic) bond motifs is 1. The zero-order valence-electron chi connectivity index (χ0n) is 13.5. The van der Waals surface area contributed by atoms with Gasteiger partial charge in [-0.15, -0.1) is 0 Å². The number of para-hydroxylation sites is 1. The summed E-state index contributed by atoms with van der Waals surface area (Å²) in [6.45, 7) is 3.23. The van der Waals surface area contributed by atoms with Crippen LogP contribution in [-0.4, -0.2) is 20.6 Å². The highest BCUT2D eigenvalue weighted by atomic mass is 35.5. The van der Waals surface area contributed by atoms with Gasteiger partial charge in [-0.05, 0) is 44.2 Å². The lowest BCUT2D eigenvalue weighted by Gasteiger charge is -2.15. The van der Waals surface area contributed by atoms with Gasteiger partial charge in [-0.2, -0.15) is 0 Å². The van der Waals surface area contributed by atoms with E-state index in [0.717, 1.165) is 0 Å². The molecule has 0 bridgehead atoms. The number of halogens is 2. The largest absolute Gasteiger partial charge is 0.299 e. The number of benzene rings is 2. The zero-order valence-corrected chi connectivity index (χ0v) is 15.1. The molecule has 0 aliphatic heterocycles. The standard InChI is InChI=1S/C18H14ClFN2O2S/c1-10(23)11(2)25-18-21-16-6-4-3-5-13(16)17(24)22(18)12-7-8-15(20)14(19)9-12/h3-9,11H,1-2H3/t11-/m1/s1. The predicted molar refractivity (Wildman–Crippen MR) is 98.3 cm³/mol. The first-order chi connectivity index (χ1) is 11.9. The Hall–Kier alpha value is -2.18. The summed E-state index contributed by atoms with van der Waals surface area (Å²) >= 11 is 7.05. The number of nitrogens with zero attached hydrogens (tertiary/aromatic N) is 2. The van der Waals surface area contributed by atoms with Crippen molar-refractivity contribution in [3.63, 3.8) is 0 Å². The lowest BCUT2D eigenvalue weighted by Crippen LogP contribution is -2.23. The summed E-state index contributed by atoms with van der Waals surface area (Å²) in [4.78, 5) is 29.1. The molecule has 1 atom stereocenters. The van der Waals surface area contributed by atoms with Crippen LogP contribution in [0.2, 0.25) is 5.02 Å². The molecule has 3 aromatic rings. The monoisotopic (exact) mass is 376 g/mol. The lowest BCUT2D eigenvalue weighted by molar-refractivity contribution is -0.116. The van der Waals surface area contributed by atoms with E-state index in [9.17, 15) is 14.0 Å². The van der Waals surface area contributed by atoms with E-state index < -0.39 is 5.82 Å². The van der Waals surface area contributed by atoms with Gasteiger partial charge < -0.3 is 0 Å². The molecule has 4 nitrogen and oxygen atoms in total. The molecule has 0 aliphatic carbocycles. The molecule has 25 heavy (non-hydrogen) atoms. The zero-order chi connectivity index (χ0) is 18.1. The normalized spacial score (nSPS) is 12.3. The minimum atomic E-state index is -0.571. The van der Waals surface area contributed by atoms with Crippen molar-refractivity contribution in [1.29, 1.82) is 0 Å². The van der Waals surface area contributed by atoms with Gasteiger partial charge in [0.1, 0.15) is 11.6 Å². The van der Waals surface area contributed by atoms with Crippen LogP contribution in [0.4, 0.5) is 4.39 Å². The van der Waals surface area contributed by atoms with Crippen LogP contribution in [0.5, 0.6) is 0 Å². The SMILES string of the molecule is CC(=O)[C@@H](C)Sc1nc2ccccc2c(=O)n1-c1ccc(F)c(Cl)c1. The fraction of sp³-hybridized carbons (Fsp3) is 0.167. The van der Waals surface area contributed by atoms with E-state index in [4.69, 9.17) is 11.6 Å². The molecule has 128 valence electrons. The van der Waals surface area contributed by atoms with Crippen LogP contribution in [0.1, 0.15) is 13.8 Å². The highest BCUT2D eigenvalue weighted by molar-refractivity contribution is 8.00. The summed E-state index contributed by atoms with van der Waals surface area (Å²) in [6, 6.07) is 11.0. The Labute approximate surface area is 152 Å². The summed E-state index contributed by atoms with van der Waals surface area (Å²) in [6.07, 6.45) is 0. The van der Waals surface area contributed by atoms with E-state index >= 15 is 0 Å². The van der Waals surface area contributed by atoms with Crippen LogP contribution in [0.15, 0.2) is 52.4 Å². The van der Waals surface area contributed by atoms with Crippen LogP contribution >= 0.6 is 23.4 Å². The van der Waals surface area contributed by atoms with Gasteiger partial charge in [-0.3, -0.25) is 14.2 Å². The van der Waals surface area contributed by atoms with E-state index in [-0.39, 0.29) is 21.6 Å². The summed E-state index contributed by atoms with van der Waals surface area (Å²) in [5.41, 5.74) is 0.634. The van der Waals surface area contributed by atoms with Crippen LogP contribution in [0.25, 0.3) is 16.6 Å². The number of carbonyl (C=O) groups is 1. The second-order valence-electron chi connectivity index (χ2n) is 5.52. The van der Waals surface area contributed by atoms with Crippen molar-refractivity contribution in [2.45, 2.75) is 24.3 Å². The van der Waals surface area contributed by atoms with E-state index in [0.29, 0.717) is 21.7 Å². The molecule has 0 amide bonds. The number of hydrogen-bond donors (Lipinski definition) is 0. The summed E-state index contributed by atoms with van der Waals surface area (Å²) in [7, 11) is 0.